The SMILES string of the molecule is [2H]C([2H])(C#CC)C(C)[C@H](O)/C=C/[C@@H]1[C@H]2C/C(=C/C([2H])([2H])C([2H])([2H])CC(=O)O[C@@H](C)C(=O)OCC)C[C@H]2C[C@H]1O. The first-order valence-corrected chi connectivity index (χ1v) is 11.5. The zero-order valence-corrected chi connectivity index (χ0v) is 19.8. The van der Waals surface area contributed by atoms with Crippen LogP contribution in [0.15, 0.2) is 23.8 Å². The van der Waals surface area contributed by atoms with Crippen molar-refractivity contribution in [2.24, 2.45) is 23.7 Å². The molecule has 0 radical (unpaired) electrons. The van der Waals surface area contributed by atoms with Crippen LogP contribution in [0.3, 0.4) is 0 Å². The molecule has 33 heavy (non-hydrogen) atoms. The summed E-state index contributed by atoms with van der Waals surface area (Å²) in [7, 11) is 0. The molecule has 2 saturated carbocycles. The minimum absolute atomic E-state index is 0.0462. The highest BCUT2D eigenvalue weighted by Gasteiger charge is 2.45. The molecule has 0 amide bonds. The summed E-state index contributed by atoms with van der Waals surface area (Å²) < 4.78 is 58.9. The molecular formula is C27H40O6. The molecule has 0 bridgehead atoms. The van der Waals surface area contributed by atoms with Gasteiger partial charge in [-0.3, -0.25) is 4.79 Å². The lowest BCUT2D eigenvalue weighted by Crippen LogP contribution is -2.26. The van der Waals surface area contributed by atoms with Crippen LogP contribution in [0.4, 0.5) is 0 Å². The first-order valence-electron chi connectivity index (χ1n) is 14.5. The van der Waals surface area contributed by atoms with E-state index in [1.807, 2.05) is 0 Å². The second-order valence-electron chi connectivity index (χ2n) is 8.58. The van der Waals surface area contributed by atoms with Gasteiger partial charge >= 0.3 is 11.9 Å². The standard InChI is InChI=1S/C27H40O6/c1-5-7-10-18(3)24(28)14-13-22-23-16-20(15-21(23)17-25(22)29)11-8-9-12-26(30)33-19(4)27(31)32-6-2/h11,13-14,18-19,21-25,28-29H,6,8-10,12,15-17H2,1-4H3/b14-13+,20-11+/t18?,19-,21-,22+,23-,24+,25+/m0/s1/i8D2,9D2,10D2. The van der Waals surface area contributed by atoms with Gasteiger partial charge in [0.1, 0.15) is 0 Å². The highest BCUT2D eigenvalue weighted by molar-refractivity contribution is 5.78. The zero-order chi connectivity index (χ0) is 29.8. The zero-order valence-electron chi connectivity index (χ0n) is 25.8. The van der Waals surface area contributed by atoms with Crippen LogP contribution in [0.2, 0.25) is 0 Å². The lowest BCUT2D eigenvalue weighted by Gasteiger charge is -2.19. The number of carbonyl (C=O) groups excluding carboxylic acids is 2. The number of carbonyl (C=O) groups is 2. The number of rotatable bonds is 11. The lowest BCUT2D eigenvalue weighted by atomic mass is 9.89. The Kier molecular flexibility index (Phi) is 7.91. The molecule has 0 spiro atoms. The third-order valence-electron chi connectivity index (χ3n) is 6.12. The molecule has 0 aliphatic heterocycles. The van der Waals surface area contributed by atoms with Gasteiger partial charge in [0.15, 0.2) is 6.10 Å². The average Bonchev–Trinajstić information content (AvgIpc) is 3.31. The summed E-state index contributed by atoms with van der Waals surface area (Å²) in [5.41, 5.74) is 0.681. The van der Waals surface area contributed by atoms with E-state index in [9.17, 15) is 19.8 Å². The Balaban J connectivity index is 2.08. The second-order valence-corrected chi connectivity index (χ2v) is 8.58. The summed E-state index contributed by atoms with van der Waals surface area (Å²) in [6, 6.07) is 0. The van der Waals surface area contributed by atoms with Crippen LogP contribution in [-0.2, 0) is 19.1 Å². The van der Waals surface area contributed by atoms with Crippen LogP contribution in [0.1, 0.15) is 80.7 Å². The largest absolute Gasteiger partial charge is 0.463 e. The van der Waals surface area contributed by atoms with Crippen molar-refractivity contribution in [3.8, 4) is 11.8 Å². The fourth-order valence-electron chi connectivity index (χ4n) is 4.39. The number of hydrogen-bond acceptors (Lipinski definition) is 6. The molecule has 6 heteroatoms. The summed E-state index contributed by atoms with van der Waals surface area (Å²) in [6.07, 6.45) is -5.13. The number of allylic oxidation sites excluding steroid dienone is 2. The molecule has 0 saturated heterocycles. The molecule has 0 aromatic rings. The smallest absolute Gasteiger partial charge is 0.347 e. The van der Waals surface area contributed by atoms with Crippen LogP contribution in [-0.4, -0.2) is 47.1 Å². The normalized spacial score (nSPS) is 32.1. The number of aliphatic hydroxyl groups excluding tert-OH is 2. The van der Waals surface area contributed by atoms with E-state index >= 15 is 0 Å². The van der Waals surface area contributed by atoms with Crippen LogP contribution in [0.25, 0.3) is 0 Å². The fraction of sp³-hybridized carbons (Fsp3) is 0.704. The molecule has 2 aliphatic carbocycles. The molecule has 2 N–H and O–H groups in total. The third kappa shape index (κ3) is 8.32. The molecule has 2 aliphatic rings. The van der Waals surface area contributed by atoms with Gasteiger partial charge in [0.05, 0.1) is 18.8 Å². The van der Waals surface area contributed by atoms with Gasteiger partial charge < -0.3 is 19.7 Å². The second kappa shape index (κ2) is 13.6. The van der Waals surface area contributed by atoms with Gasteiger partial charge in [0.25, 0.3) is 0 Å². The van der Waals surface area contributed by atoms with Crippen molar-refractivity contribution in [1.29, 1.82) is 0 Å². The van der Waals surface area contributed by atoms with E-state index in [2.05, 4.69) is 11.8 Å². The summed E-state index contributed by atoms with van der Waals surface area (Å²) in [5, 5.41) is 21.1. The monoisotopic (exact) mass is 466 g/mol. The average molecular weight is 467 g/mol. The van der Waals surface area contributed by atoms with Crippen molar-refractivity contribution in [2.75, 3.05) is 6.61 Å². The Labute approximate surface area is 206 Å². The van der Waals surface area contributed by atoms with Crippen molar-refractivity contribution < 1.29 is 37.5 Å². The van der Waals surface area contributed by atoms with Gasteiger partial charge in [-0.05, 0) is 70.5 Å². The Morgan fingerprint density at radius 3 is 2.79 bits per heavy atom. The van der Waals surface area contributed by atoms with Gasteiger partial charge in [0, 0.05) is 26.9 Å². The van der Waals surface area contributed by atoms with E-state index < -0.39 is 61.7 Å². The number of aliphatic hydroxyl groups is 2. The van der Waals surface area contributed by atoms with Crippen LogP contribution >= 0.6 is 0 Å². The van der Waals surface area contributed by atoms with E-state index in [4.69, 9.17) is 17.7 Å². The molecule has 7 atom stereocenters. The van der Waals surface area contributed by atoms with Gasteiger partial charge in [-0.2, -0.15) is 0 Å². The van der Waals surface area contributed by atoms with Crippen LogP contribution in [0, 0.1) is 35.5 Å². The lowest BCUT2D eigenvalue weighted by molar-refractivity contribution is -0.166. The van der Waals surface area contributed by atoms with Crippen molar-refractivity contribution in [2.45, 2.75) is 90.8 Å². The maximum Gasteiger partial charge on any atom is 0.347 e. The molecule has 6 nitrogen and oxygen atoms in total. The first-order chi connectivity index (χ1) is 18.0. The molecule has 184 valence electrons. The Hall–Kier alpha value is -2.10. The molecular weight excluding hydrogens is 420 g/mol. The van der Waals surface area contributed by atoms with Crippen molar-refractivity contribution in [3.63, 3.8) is 0 Å². The van der Waals surface area contributed by atoms with Crippen LogP contribution in [0.5, 0.6) is 0 Å². The third-order valence-corrected chi connectivity index (χ3v) is 6.12. The minimum Gasteiger partial charge on any atom is -0.463 e. The maximum absolute atomic E-state index is 12.2. The molecule has 2 rings (SSSR count). The number of fused-ring (bicyclic) bond motifs is 1. The Morgan fingerprint density at radius 2 is 2.09 bits per heavy atom. The maximum atomic E-state index is 12.2. The quantitative estimate of drug-likeness (QED) is 0.272. The molecule has 0 heterocycles. The summed E-state index contributed by atoms with van der Waals surface area (Å²) >= 11 is 0. The van der Waals surface area contributed by atoms with E-state index in [-0.39, 0.29) is 24.4 Å². The summed E-state index contributed by atoms with van der Waals surface area (Å²) in [6.45, 7) is 6.08. The number of esters is 2. The van der Waals surface area contributed by atoms with Gasteiger partial charge in [0.2, 0.25) is 0 Å². The first kappa shape index (κ1) is 19.2. The Bertz CT molecular complexity index is 1010. The predicted octanol–water partition coefficient (Wildman–Crippen LogP) is 3.95. The van der Waals surface area contributed by atoms with E-state index in [1.165, 1.54) is 26.0 Å². The fourth-order valence-corrected chi connectivity index (χ4v) is 4.39. The summed E-state index contributed by atoms with van der Waals surface area (Å²) in [5.74, 6) is 2.05. The molecule has 0 aromatic carbocycles. The minimum atomic E-state index is -2.61. The van der Waals surface area contributed by atoms with Crippen molar-refractivity contribution >= 4 is 11.9 Å². The molecule has 2 fully saturated rings. The molecule has 0 aromatic heterocycles. The summed E-state index contributed by atoms with van der Waals surface area (Å²) in [4.78, 5) is 23.9. The van der Waals surface area contributed by atoms with Crippen molar-refractivity contribution in [1.82, 2.24) is 0 Å². The predicted molar refractivity (Wildman–Crippen MR) is 127 cm³/mol. The van der Waals surface area contributed by atoms with E-state index in [1.54, 1.807) is 19.9 Å². The highest BCUT2D eigenvalue weighted by Crippen LogP contribution is 2.50. The van der Waals surface area contributed by atoms with Gasteiger partial charge in [-0.1, -0.05) is 30.7 Å². The van der Waals surface area contributed by atoms with E-state index in [0.29, 0.717) is 24.8 Å². The molecule has 1 unspecified atom stereocenters. The van der Waals surface area contributed by atoms with Gasteiger partial charge in [-0.15, -0.1) is 11.8 Å². The van der Waals surface area contributed by atoms with E-state index in [0.717, 1.165) is 0 Å². The number of ether oxygens (including phenoxy) is 2. The van der Waals surface area contributed by atoms with Crippen molar-refractivity contribution in [3.05, 3.63) is 23.8 Å². The Morgan fingerprint density at radius 1 is 1.33 bits per heavy atom. The van der Waals surface area contributed by atoms with Gasteiger partial charge in [-0.25, -0.2) is 4.79 Å². The topological polar surface area (TPSA) is 93.1 Å². The van der Waals surface area contributed by atoms with Crippen LogP contribution < -0.4 is 0 Å². The highest BCUT2D eigenvalue weighted by atomic mass is 16.6. The number of hydrogen-bond donors (Lipinski definition) is 2.